The number of hydrogen-bond donors (Lipinski definition) is 1. The summed E-state index contributed by atoms with van der Waals surface area (Å²) in [4.78, 5) is 38.4. The molecule has 10 heteroatoms. The number of nitrogens with one attached hydrogen (secondary N) is 1. The van der Waals surface area contributed by atoms with Crippen LogP contribution in [0, 0.1) is 25.2 Å². The summed E-state index contributed by atoms with van der Waals surface area (Å²) in [5.41, 5.74) is 5.30. The van der Waals surface area contributed by atoms with Crippen molar-refractivity contribution < 1.29 is 9.53 Å². The Morgan fingerprint density at radius 2 is 1.78 bits per heavy atom. The third-order valence-electron chi connectivity index (χ3n) is 7.79. The van der Waals surface area contributed by atoms with Gasteiger partial charge in [-0.15, -0.1) is 0 Å². The molecule has 9 nitrogen and oxygen atoms in total. The van der Waals surface area contributed by atoms with Crippen molar-refractivity contribution in [2.45, 2.75) is 72.4 Å². The van der Waals surface area contributed by atoms with Crippen molar-refractivity contribution in [1.82, 2.24) is 24.8 Å². The van der Waals surface area contributed by atoms with Crippen molar-refractivity contribution in [2.24, 2.45) is 11.3 Å². The molecule has 0 saturated heterocycles. The zero-order valence-electron chi connectivity index (χ0n) is 28.2. The fourth-order valence-electron chi connectivity index (χ4n) is 5.84. The lowest BCUT2D eigenvalue weighted by atomic mass is 9.87. The van der Waals surface area contributed by atoms with E-state index in [0.717, 1.165) is 45.3 Å². The van der Waals surface area contributed by atoms with Crippen molar-refractivity contribution in [1.29, 1.82) is 0 Å². The van der Waals surface area contributed by atoms with Crippen molar-refractivity contribution in [3.63, 3.8) is 0 Å². The summed E-state index contributed by atoms with van der Waals surface area (Å²) in [5.74, 6) is 2.06. The molecule has 0 fully saturated rings. The Hall–Kier alpha value is -4.18. The van der Waals surface area contributed by atoms with Crippen LogP contribution in [0.3, 0.4) is 0 Å². The summed E-state index contributed by atoms with van der Waals surface area (Å²) in [5, 5.41) is 0. The zero-order chi connectivity index (χ0) is 33.0. The van der Waals surface area contributed by atoms with Crippen LogP contribution in [-0.4, -0.2) is 57.0 Å². The molecule has 4 bridgehead atoms. The molecule has 2 aromatic carbocycles. The van der Waals surface area contributed by atoms with E-state index in [1.165, 1.54) is 11.9 Å². The number of carbonyl (C=O) groups is 1. The largest absolute Gasteiger partial charge is 0.475 e. The van der Waals surface area contributed by atoms with Crippen LogP contribution in [0.2, 0.25) is 0 Å². The monoisotopic (exact) mass is 639 g/mol. The van der Waals surface area contributed by atoms with E-state index in [-0.39, 0.29) is 30.5 Å². The molecule has 4 aromatic rings. The topological polar surface area (TPSA) is 96.4 Å². The van der Waals surface area contributed by atoms with Crippen LogP contribution < -0.4 is 14.4 Å². The Balaban J connectivity index is 1.58. The smallest absolute Gasteiger partial charge is 0.254 e. The van der Waals surface area contributed by atoms with Gasteiger partial charge in [-0.2, -0.15) is 4.98 Å². The van der Waals surface area contributed by atoms with E-state index in [2.05, 4.69) is 81.3 Å². The fourth-order valence-corrected chi connectivity index (χ4v) is 6.47. The van der Waals surface area contributed by atoms with Gasteiger partial charge in [0.1, 0.15) is 12.4 Å². The molecule has 1 N–H and O–H groups in total. The van der Waals surface area contributed by atoms with Gasteiger partial charge >= 0.3 is 0 Å². The second-order valence-corrected chi connectivity index (χ2v) is 14.6. The summed E-state index contributed by atoms with van der Waals surface area (Å²) in [6, 6.07) is 15.5. The molecule has 242 valence electrons. The third kappa shape index (κ3) is 8.34. The quantitative estimate of drug-likeness (QED) is 0.205. The number of ether oxygens (including phenoxy) is 1. The van der Waals surface area contributed by atoms with Gasteiger partial charge in [0.25, 0.3) is 5.91 Å². The minimum absolute atomic E-state index is 0.0868. The van der Waals surface area contributed by atoms with Gasteiger partial charge in [0, 0.05) is 35.7 Å². The maximum absolute atomic E-state index is 14.4. The van der Waals surface area contributed by atoms with Crippen molar-refractivity contribution in [3.05, 3.63) is 83.3 Å². The minimum atomic E-state index is -0.279. The highest BCUT2D eigenvalue weighted by Crippen LogP contribution is 2.32. The number of carbonyl (C=O) groups excluding carboxylic acids is 1. The van der Waals surface area contributed by atoms with Crippen LogP contribution in [0.4, 0.5) is 11.8 Å². The SMILES string of the molecule is Cc1cccc(C)c1-c1cc2nc(n1)NSc1cccc(c1)C(=O)N(Cc1cncc(N(C)CC(C)C)n1)[C@H](CC(C)(C)C)CO2. The number of nitrogens with zero attached hydrogens (tertiary/aromatic N) is 6. The highest BCUT2D eigenvalue weighted by atomic mass is 32.2. The van der Waals surface area contributed by atoms with E-state index in [4.69, 9.17) is 19.7 Å². The molecule has 0 saturated carbocycles. The van der Waals surface area contributed by atoms with Crippen LogP contribution in [0.1, 0.15) is 68.2 Å². The van der Waals surface area contributed by atoms with Crippen LogP contribution in [0.25, 0.3) is 11.3 Å². The Bertz CT molecular complexity index is 1670. The third-order valence-corrected chi connectivity index (χ3v) is 8.56. The number of anilines is 2. The molecule has 0 aliphatic carbocycles. The average molecular weight is 640 g/mol. The molecule has 0 radical (unpaired) electrons. The highest BCUT2D eigenvalue weighted by Gasteiger charge is 2.31. The Labute approximate surface area is 277 Å². The summed E-state index contributed by atoms with van der Waals surface area (Å²) in [6.07, 6.45) is 4.23. The number of fused-ring (bicyclic) bond motifs is 4. The molecule has 1 aliphatic heterocycles. The first kappa shape index (κ1) is 33.2. The van der Waals surface area contributed by atoms with Gasteiger partial charge in [-0.1, -0.05) is 58.9 Å². The average Bonchev–Trinajstić information content (AvgIpc) is 3.00. The zero-order valence-corrected chi connectivity index (χ0v) is 29.0. The molecule has 1 amide bonds. The lowest BCUT2D eigenvalue weighted by Gasteiger charge is -2.35. The Morgan fingerprint density at radius 1 is 1.04 bits per heavy atom. The number of aromatic nitrogens is 4. The predicted octanol–water partition coefficient (Wildman–Crippen LogP) is 7.60. The second-order valence-electron chi connectivity index (χ2n) is 13.7. The van der Waals surface area contributed by atoms with Gasteiger partial charge in [0.15, 0.2) is 0 Å². The number of aryl methyl sites for hydroxylation is 2. The number of hydrogen-bond acceptors (Lipinski definition) is 9. The van der Waals surface area contributed by atoms with Gasteiger partial charge in [-0.25, -0.2) is 9.97 Å². The van der Waals surface area contributed by atoms with E-state index in [0.29, 0.717) is 29.7 Å². The van der Waals surface area contributed by atoms with Gasteiger partial charge in [-0.05, 0) is 72.9 Å². The molecular formula is C36H45N7O2S. The van der Waals surface area contributed by atoms with Gasteiger partial charge in [0.05, 0.1) is 36.4 Å². The lowest BCUT2D eigenvalue weighted by molar-refractivity contribution is 0.0509. The Kier molecular flexibility index (Phi) is 10.2. The second kappa shape index (κ2) is 14.1. The minimum Gasteiger partial charge on any atom is -0.475 e. The molecule has 1 atom stereocenters. The summed E-state index contributed by atoms with van der Waals surface area (Å²) in [6.45, 7) is 16.5. The van der Waals surface area contributed by atoms with Crippen LogP contribution >= 0.6 is 11.9 Å². The van der Waals surface area contributed by atoms with E-state index in [1.54, 1.807) is 12.4 Å². The van der Waals surface area contributed by atoms with Crippen LogP contribution in [-0.2, 0) is 6.54 Å². The lowest BCUT2D eigenvalue weighted by Crippen LogP contribution is -2.45. The molecule has 1 aliphatic rings. The van der Waals surface area contributed by atoms with E-state index < -0.39 is 0 Å². The van der Waals surface area contributed by atoms with E-state index in [1.807, 2.05) is 42.3 Å². The standard InChI is InChI=1S/C36H45N7O2S/c1-23(2)20-42(8)31-19-37-18-27(38-31)21-43-28(17-36(5,6)7)22-45-32-16-30(33-24(3)11-9-12-25(33)4)39-35(40-32)41-46-29-14-10-13-26(15-29)34(43)44/h9-16,18-19,23,28H,17,20-22H2,1-8H3,(H,39,40,41)/t28-/m1/s1. The van der Waals surface area contributed by atoms with E-state index >= 15 is 0 Å². The Morgan fingerprint density at radius 3 is 2.50 bits per heavy atom. The first-order valence-corrected chi connectivity index (χ1v) is 16.6. The van der Waals surface area contributed by atoms with Gasteiger partial charge in [-0.3, -0.25) is 14.5 Å². The maximum atomic E-state index is 14.4. The van der Waals surface area contributed by atoms with Gasteiger partial charge in [0.2, 0.25) is 11.8 Å². The van der Waals surface area contributed by atoms with Crippen LogP contribution in [0.15, 0.2) is 65.8 Å². The van der Waals surface area contributed by atoms with Gasteiger partial charge < -0.3 is 14.5 Å². The van der Waals surface area contributed by atoms with Crippen LogP contribution in [0.5, 0.6) is 5.88 Å². The molecule has 0 spiro atoms. The summed E-state index contributed by atoms with van der Waals surface area (Å²) >= 11 is 1.36. The number of rotatable bonds is 7. The highest BCUT2D eigenvalue weighted by molar-refractivity contribution is 8.00. The summed E-state index contributed by atoms with van der Waals surface area (Å²) < 4.78 is 9.80. The molecule has 2 aromatic heterocycles. The number of benzene rings is 2. The maximum Gasteiger partial charge on any atom is 0.254 e. The molecule has 5 rings (SSSR count). The molecular weight excluding hydrogens is 595 g/mol. The molecule has 0 unspecified atom stereocenters. The first-order valence-electron chi connectivity index (χ1n) is 15.8. The normalized spacial score (nSPS) is 15.4. The van der Waals surface area contributed by atoms with Crippen molar-refractivity contribution in [3.8, 4) is 17.1 Å². The van der Waals surface area contributed by atoms with Crippen molar-refractivity contribution >= 4 is 29.6 Å². The fraction of sp³-hybridized carbons (Fsp3) is 0.417. The molecule has 3 heterocycles. The molecule has 46 heavy (non-hydrogen) atoms. The predicted molar refractivity (Wildman–Crippen MR) is 186 cm³/mol. The van der Waals surface area contributed by atoms with Crippen molar-refractivity contribution in [2.75, 3.05) is 29.8 Å². The summed E-state index contributed by atoms with van der Waals surface area (Å²) in [7, 11) is 2.02. The van der Waals surface area contributed by atoms with E-state index in [9.17, 15) is 4.79 Å². The number of amides is 1. The first-order chi connectivity index (χ1) is 21.9.